The van der Waals surface area contributed by atoms with Crippen LogP contribution in [0.25, 0.3) is 0 Å². The highest BCUT2D eigenvalue weighted by molar-refractivity contribution is 7.80. The van der Waals surface area contributed by atoms with Crippen LogP contribution >= 0.6 is 12.6 Å². The maximum absolute atomic E-state index is 9.01. The van der Waals surface area contributed by atoms with Crippen LogP contribution in [-0.2, 0) is 12.8 Å². The van der Waals surface area contributed by atoms with Crippen LogP contribution in [-0.4, -0.2) is 17.0 Å². The molecule has 2 aromatic carbocycles. The van der Waals surface area contributed by atoms with Crippen molar-refractivity contribution in [1.82, 2.24) is 0 Å². The molecule has 2 heteroatoms. The Labute approximate surface area is 121 Å². The van der Waals surface area contributed by atoms with Crippen molar-refractivity contribution < 1.29 is 5.11 Å². The number of aliphatic hydroxyl groups is 1. The van der Waals surface area contributed by atoms with E-state index in [-0.39, 0.29) is 6.10 Å². The quantitative estimate of drug-likeness (QED) is 0.813. The maximum atomic E-state index is 9.01. The van der Waals surface area contributed by atoms with Gasteiger partial charge in [0.1, 0.15) is 0 Å². The molecule has 0 fully saturated rings. The first-order chi connectivity index (χ1) is 9.22. The minimum Gasteiger partial charge on any atom is -0.393 e. The Hall–Kier alpha value is -1.25. The van der Waals surface area contributed by atoms with Crippen molar-refractivity contribution in [3.05, 3.63) is 71.8 Å². The van der Waals surface area contributed by atoms with E-state index in [0.29, 0.717) is 0 Å². The van der Waals surface area contributed by atoms with E-state index in [1.54, 1.807) is 6.92 Å². The summed E-state index contributed by atoms with van der Waals surface area (Å²) in [4.78, 5) is 0. The lowest BCUT2D eigenvalue weighted by atomic mass is 10.1. The topological polar surface area (TPSA) is 20.2 Å². The maximum Gasteiger partial charge on any atom is 0.0552 e. The molecule has 0 saturated carbocycles. The van der Waals surface area contributed by atoms with Gasteiger partial charge < -0.3 is 5.11 Å². The van der Waals surface area contributed by atoms with Crippen molar-refractivity contribution in [2.75, 3.05) is 5.75 Å². The highest BCUT2D eigenvalue weighted by Gasteiger charge is 1.95. The standard InChI is InChI=1S/C9H12O.C8H10S/c1-8(10)7-9-5-3-2-4-6-9;9-7-6-8-4-2-1-3-5-8/h2-6,8,10H,7H2,1H3;1-5,9H,6-7H2/t8-;/m1./s1. The number of thiol groups is 1. The first-order valence-corrected chi connectivity index (χ1v) is 7.22. The first kappa shape index (κ1) is 15.8. The molecule has 0 aliphatic heterocycles. The molecule has 2 rings (SSSR count). The van der Waals surface area contributed by atoms with Gasteiger partial charge in [0.2, 0.25) is 0 Å². The van der Waals surface area contributed by atoms with Gasteiger partial charge in [-0.15, -0.1) is 0 Å². The van der Waals surface area contributed by atoms with Crippen molar-refractivity contribution in [3.63, 3.8) is 0 Å². The molecule has 0 bridgehead atoms. The van der Waals surface area contributed by atoms with Gasteiger partial charge in [0.05, 0.1) is 6.10 Å². The normalized spacial score (nSPS) is 11.3. The van der Waals surface area contributed by atoms with E-state index in [1.807, 2.05) is 36.4 Å². The average Bonchev–Trinajstić information content (AvgIpc) is 2.41. The van der Waals surface area contributed by atoms with Gasteiger partial charge in [-0.2, -0.15) is 12.6 Å². The molecule has 19 heavy (non-hydrogen) atoms. The summed E-state index contributed by atoms with van der Waals surface area (Å²) in [6.45, 7) is 1.80. The highest BCUT2D eigenvalue weighted by atomic mass is 32.1. The molecule has 0 amide bonds. The van der Waals surface area contributed by atoms with E-state index in [4.69, 9.17) is 5.11 Å². The van der Waals surface area contributed by atoms with Crippen LogP contribution in [0.3, 0.4) is 0 Å². The van der Waals surface area contributed by atoms with Gasteiger partial charge in [-0.05, 0) is 36.6 Å². The Morgan fingerprint density at radius 1 is 0.895 bits per heavy atom. The summed E-state index contributed by atoms with van der Waals surface area (Å²) in [6, 6.07) is 20.4. The number of benzene rings is 2. The van der Waals surface area contributed by atoms with Gasteiger partial charge in [-0.25, -0.2) is 0 Å². The van der Waals surface area contributed by atoms with Crippen molar-refractivity contribution in [2.45, 2.75) is 25.9 Å². The molecule has 0 unspecified atom stereocenters. The summed E-state index contributed by atoms with van der Waals surface area (Å²) < 4.78 is 0. The molecule has 1 atom stereocenters. The van der Waals surface area contributed by atoms with E-state index < -0.39 is 0 Å². The van der Waals surface area contributed by atoms with Crippen molar-refractivity contribution in [3.8, 4) is 0 Å². The minimum atomic E-state index is -0.234. The second-order valence-electron chi connectivity index (χ2n) is 4.50. The molecule has 1 nitrogen and oxygen atoms in total. The summed E-state index contributed by atoms with van der Waals surface area (Å²) in [5, 5.41) is 9.01. The van der Waals surface area contributed by atoms with Crippen LogP contribution in [0.1, 0.15) is 18.1 Å². The Kier molecular flexibility index (Phi) is 8.03. The number of hydrogen-bond acceptors (Lipinski definition) is 2. The molecular weight excluding hydrogens is 252 g/mol. The molecule has 1 N–H and O–H groups in total. The number of rotatable bonds is 4. The van der Waals surface area contributed by atoms with E-state index in [9.17, 15) is 0 Å². The zero-order chi connectivity index (χ0) is 13.9. The van der Waals surface area contributed by atoms with Gasteiger partial charge in [-0.1, -0.05) is 60.7 Å². The van der Waals surface area contributed by atoms with E-state index >= 15 is 0 Å². The molecule has 0 aliphatic carbocycles. The number of aliphatic hydroxyl groups excluding tert-OH is 1. The zero-order valence-corrected chi connectivity index (χ0v) is 12.3. The second-order valence-corrected chi connectivity index (χ2v) is 4.95. The summed E-state index contributed by atoms with van der Waals surface area (Å²) in [5.41, 5.74) is 2.56. The summed E-state index contributed by atoms with van der Waals surface area (Å²) in [7, 11) is 0. The summed E-state index contributed by atoms with van der Waals surface area (Å²) in [5.74, 6) is 0.935. The van der Waals surface area contributed by atoms with Crippen LogP contribution in [0.4, 0.5) is 0 Å². The Morgan fingerprint density at radius 3 is 1.79 bits per heavy atom. The zero-order valence-electron chi connectivity index (χ0n) is 11.4. The summed E-state index contributed by atoms with van der Waals surface area (Å²) >= 11 is 4.13. The molecular formula is C17H22OS. The van der Waals surface area contributed by atoms with Crippen LogP contribution in [0, 0.1) is 0 Å². The number of hydrogen-bond donors (Lipinski definition) is 2. The lowest BCUT2D eigenvalue weighted by Gasteiger charge is -2.01. The van der Waals surface area contributed by atoms with Crippen LogP contribution in [0.15, 0.2) is 60.7 Å². The third-order valence-corrected chi connectivity index (χ3v) is 2.84. The monoisotopic (exact) mass is 274 g/mol. The molecule has 0 heterocycles. The Morgan fingerprint density at radius 2 is 1.37 bits per heavy atom. The molecule has 0 radical (unpaired) electrons. The minimum absolute atomic E-state index is 0.234. The second kappa shape index (κ2) is 9.65. The third kappa shape index (κ3) is 7.70. The lowest BCUT2D eigenvalue weighted by Crippen LogP contribution is -2.03. The SMILES string of the molecule is C[C@@H](O)Cc1ccccc1.SCCc1ccccc1. The highest BCUT2D eigenvalue weighted by Crippen LogP contribution is 2.01. The van der Waals surface area contributed by atoms with Crippen LogP contribution in [0.5, 0.6) is 0 Å². The predicted molar refractivity (Wildman–Crippen MR) is 85.8 cm³/mol. The van der Waals surface area contributed by atoms with Gasteiger partial charge in [-0.3, -0.25) is 0 Å². The van der Waals surface area contributed by atoms with Crippen molar-refractivity contribution in [1.29, 1.82) is 0 Å². The molecule has 102 valence electrons. The molecule has 2 aromatic rings. The van der Waals surface area contributed by atoms with Crippen molar-refractivity contribution >= 4 is 12.6 Å². The smallest absolute Gasteiger partial charge is 0.0552 e. The Bertz CT molecular complexity index is 426. The Balaban J connectivity index is 0.000000191. The van der Waals surface area contributed by atoms with Gasteiger partial charge in [0, 0.05) is 0 Å². The van der Waals surface area contributed by atoms with E-state index in [2.05, 4.69) is 36.9 Å². The van der Waals surface area contributed by atoms with E-state index in [1.165, 1.54) is 11.1 Å². The first-order valence-electron chi connectivity index (χ1n) is 6.59. The number of aryl methyl sites for hydroxylation is 1. The summed E-state index contributed by atoms with van der Waals surface area (Å²) in [6.07, 6.45) is 1.59. The lowest BCUT2D eigenvalue weighted by molar-refractivity contribution is 0.195. The fourth-order valence-corrected chi connectivity index (χ4v) is 1.99. The van der Waals surface area contributed by atoms with Gasteiger partial charge >= 0.3 is 0 Å². The predicted octanol–water partition coefficient (Wildman–Crippen LogP) is 3.77. The van der Waals surface area contributed by atoms with Crippen LogP contribution < -0.4 is 0 Å². The molecule has 0 spiro atoms. The van der Waals surface area contributed by atoms with Crippen molar-refractivity contribution in [2.24, 2.45) is 0 Å². The van der Waals surface area contributed by atoms with Gasteiger partial charge in [0.25, 0.3) is 0 Å². The van der Waals surface area contributed by atoms with E-state index in [0.717, 1.165) is 18.6 Å². The largest absolute Gasteiger partial charge is 0.393 e. The van der Waals surface area contributed by atoms with Gasteiger partial charge in [0.15, 0.2) is 0 Å². The fraction of sp³-hybridized carbons (Fsp3) is 0.294. The fourth-order valence-electron chi connectivity index (χ4n) is 1.73. The molecule has 0 aliphatic rings. The molecule has 0 aromatic heterocycles. The molecule has 0 saturated heterocycles. The average molecular weight is 274 g/mol. The third-order valence-electron chi connectivity index (χ3n) is 2.62. The van der Waals surface area contributed by atoms with Crippen LogP contribution in [0.2, 0.25) is 0 Å².